The molecule has 0 radical (unpaired) electrons. The zero-order chi connectivity index (χ0) is 22.7. The molecule has 0 unspecified atom stereocenters. The van der Waals surface area contributed by atoms with Crippen LogP contribution in [0.25, 0.3) is 11.1 Å². The molecule has 30 heavy (non-hydrogen) atoms. The first-order valence-corrected chi connectivity index (χ1v) is 10.3. The average Bonchev–Trinajstić information content (AvgIpc) is 2.60. The number of phenolic OH excluding ortho intramolecular Hbond substituents is 1. The van der Waals surface area contributed by atoms with Gasteiger partial charge in [0.1, 0.15) is 5.75 Å². The third-order valence-corrected chi connectivity index (χ3v) is 5.03. The van der Waals surface area contributed by atoms with Crippen LogP contribution in [-0.4, -0.2) is 22.1 Å². The van der Waals surface area contributed by atoms with Crippen molar-refractivity contribution in [2.24, 2.45) is 0 Å². The molecule has 0 heterocycles. The fourth-order valence-corrected chi connectivity index (χ4v) is 3.39. The SMILES string of the molecule is CC(C)(C)c1cc(-c2ccccc2NC(=O)CCCC(=O)O)cc(C(C)(C)C)c1O. The van der Waals surface area contributed by atoms with Gasteiger partial charge in [0.15, 0.2) is 0 Å². The fourth-order valence-electron chi connectivity index (χ4n) is 3.39. The lowest BCUT2D eigenvalue weighted by molar-refractivity contribution is -0.137. The summed E-state index contributed by atoms with van der Waals surface area (Å²) >= 11 is 0. The highest BCUT2D eigenvalue weighted by molar-refractivity contribution is 5.95. The number of phenols is 1. The zero-order valence-corrected chi connectivity index (χ0v) is 18.8. The number of anilines is 1. The van der Waals surface area contributed by atoms with Gasteiger partial charge in [0.2, 0.25) is 5.91 Å². The summed E-state index contributed by atoms with van der Waals surface area (Å²) < 4.78 is 0. The lowest BCUT2D eigenvalue weighted by Crippen LogP contribution is -2.17. The van der Waals surface area contributed by atoms with Gasteiger partial charge in [-0.25, -0.2) is 0 Å². The van der Waals surface area contributed by atoms with E-state index in [0.29, 0.717) is 17.9 Å². The highest BCUT2D eigenvalue weighted by atomic mass is 16.4. The highest BCUT2D eigenvalue weighted by Crippen LogP contribution is 2.43. The number of carbonyl (C=O) groups excluding carboxylic acids is 1. The van der Waals surface area contributed by atoms with Gasteiger partial charge < -0.3 is 15.5 Å². The lowest BCUT2D eigenvalue weighted by Gasteiger charge is -2.28. The molecule has 162 valence electrons. The van der Waals surface area contributed by atoms with Crippen molar-refractivity contribution in [2.45, 2.75) is 71.6 Å². The van der Waals surface area contributed by atoms with Crippen molar-refractivity contribution in [3.63, 3.8) is 0 Å². The minimum absolute atomic E-state index is 0.0308. The van der Waals surface area contributed by atoms with E-state index >= 15 is 0 Å². The van der Waals surface area contributed by atoms with Gasteiger partial charge >= 0.3 is 5.97 Å². The van der Waals surface area contributed by atoms with Crippen molar-refractivity contribution in [3.05, 3.63) is 47.5 Å². The Morgan fingerprint density at radius 1 is 0.900 bits per heavy atom. The van der Waals surface area contributed by atoms with Crippen LogP contribution in [0, 0.1) is 0 Å². The van der Waals surface area contributed by atoms with Crippen molar-refractivity contribution in [3.8, 4) is 16.9 Å². The van der Waals surface area contributed by atoms with Crippen molar-refractivity contribution in [1.82, 2.24) is 0 Å². The lowest BCUT2D eigenvalue weighted by atomic mass is 9.77. The third kappa shape index (κ3) is 5.85. The summed E-state index contributed by atoms with van der Waals surface area (Å²) in [5.74, 6) is -0.805. The molecule has 5 nitrogen and oxygen atoms in total. The summed E-state index contributed by atoms with van der Waals surface area (Å²) in [4.78, 5) is 23.0. The number of carboxylic acid groups (broad SMARTS) is 1. The van der Waals surface area contributed by atoms with Crippen LogP contribution in [0.2, 0.25) is 0 Å². The van der Waals surface area contributed by atoms with Crippen LogP contribution in [0.5, 0.6) is 5.75 Å². The Kier molecular flexibility index (Phi) is 6.96. The summed E-state index contributed by atoms with van der Waals surface area (Å²) in [5.41, 5.74) is 3.65. The fraction of sp³-hybridized carbons (Fsp3) is 0.440. The molecule has 1 amide bonds. The van der Waals surface area contributed by atoms with Gasteiger partial charge in [-0.05, 0) is 41.0 Å². The maximum atomic E-state index is 12.3. The highest BCUT2D eigenvalue weighted by Gasteiger charge is 2.27. The molecule has 0 saturated heterocycles. The molecule has 5 heteroatoms. The summed E-state index contributed by atoms with van der Waals surface area (Å²) in [7, 11) is 0. The van der Waals surface area contributed by atoms with Gasteiger partial charge in [0.25, 0.3) is 0 Å². The minimum atomic E-state index is -0.906. The first-order valence-electron chi connectivity index (χ1n) is 10.3. The Labute approximate surface area is 179 Å². The minimum Gasteiger partial charge on any atom is -0.507 e. The summed E-state index contributed by atoms with van der Waals surface area (Å²) in [5, 5.41) is 22.7. The quantitative estimate of drug-likeness (QED) is 0.557. The zero-order valence-electron chi connectivity index (χ0n) is 18.8. The first-order chi connectivity index (χ1) is 13.8. The molecule has 0 saturated carbocycles. The number of aromatic hydroxyl groups is 1. The number of aliphatic carboxylic acids is 1. The second-order valence-electron chi connectivity index (χ2n) is 9.76. The molecular formula is C25H33NO4. The largest absolute Gasteiger partial charge is 0.507 e. The van der Waals surface area contributed by atoms with Crippen molar-refractivity contribution >= 4 is 17.6 Å². The number of para-hydroxylation sites is 1. The number of amides is 1. The van der Waals surface area contributed by atoms with E-state index in [4.69, 9.17) is 5.11 Å². The molecule has 0 bridgehead atoms. The molecule has 2 aromatic carbocycles. The smallest absolute Gasteiger partial charge is 0.303 e. The molecular weight excluding hydrogens is 378 g/mol. The summed E-state index contributed by atoms with van der Waals surface area (Å²) in [6, 6.07) is 11.5. The number of carbonyl (C=O) groups is 2. The van der Waals surface area contributed by atoms with E-state index in [-0.39, 0.29) is 29.6 Å². The van der Waals surface area contributed by atoms with Crippen LogP contribution in [-0.2, 0) is 20.4 Å². The average molecular weight is 412 g/mol. The Morgan fingerprint density at radius 2 is 1.43 bits per heavy atom. The number of hydrogen-bond donors (Lipinski definition) is 3. The maximum absolute atomic E-state index is 12.3. The van der Waals surface area contributed by atoms with Gasteiger partial charge in [-0.15, -0.1) is 0 Å². The van der Waals surface area contributed by atoms with Gasteiger partial charge in [0.05, 0.1) is 0 Å². The van der Waals surface area contributed by atoms with Crippen molar-refractivity contribution in [1.29, 1.82) is 0 Å². The topological polar surface area (TPSA) is 86.6 Å². The van der Waals surface area contributed by atoms with Crippen LogP contribution in [0.15, 0.2) is 36.4 Å². The second kappa shape index (κ2) is 8.90. The van der Waals surface area contributed by atoms with E-state index in [1.54, 1.807) is 0 Å². The van der Waals surface area contributed by atoms with Crippen LogP contribution in [0.1, 0.15) is 71.9 Å². The van der Waals surface area contributed by atoms with Crippen LogP contribution in [0.3, 0.4) is 0 Å². The number of rotatable bonds is 6. The Morgan fingerprint density at radius 3 is 1.93 bits per heavy atom. The van der Waals surface area contributed by atoms with E-state index in [9.17, 15) is 14.7 Å². The van der Waals surface area contributed by atoms with Crippen LogP contribution in [0.4, 0.5) is 5.69 Å². The van der Waals surface area contributed by atoms with Crippen LogP contribution < -0.4 is 5.32 Å². The second-order valence-corrected chi connectivity index (χ2v) is 9.76. The van der Waals surface area contributed by atoms with E-state index in [1.807, 2.05) is 36.4 Å². The third-order valence-electron chi connectivity index (χ3n) is 5.03. The molecule has 0 aliphatic rings. The number of nitrogens with one attached hydrogen (secondary N) is 1. The maximum Gasteiger partial charge on any atom is 0.303 e. The number of hydrogen-bond acceptors (Lipinski definition) is 3. The first kappa shape index (κ1) is 23.5. The van der Waals surface area contributed by atoms with Crippen LogP contribution >= 0.6 is 0 Å². The molecule has 3 N–H and O–H groups in total. The van der Waals surface area contributed by atoms with Gasteiger partial charge in [-0.1, -0.05) is 59.7 Å². The summed E-state index contributed by atoms with van der Waals surface area (Å²) in [6.45, 7) is 12.4. The predicted octanol–water partition coefficient (Wildman–Crippen LogP) is 5.85. The van der Waals surface area contributed by atoms with E-state index < -0.39 is 5.97 Å². The molecule has 0 aliphatic carbocycles. The molecule has 0 aromatic heterocycles. The number of carboxylic acids is 1. The van der Waals surface area contributed by atoms with Crippen molar-refractivity contribution < 1.29 is 19.8 Å². The van der Waals surface area contributed by atoms with Crippen molar-refractivity contribution in [2.75, 3.05) is 5.32 Å². The van der Waals surface area contributed by atoms with E-state index in [2.05, 4.69) is 46.9 Å². The van der Waals surface area contributed by atoms with Gasteiger partial charge in [0, 0.05) is 35.2 Å². The Balaban J connectivity index is 2.49. The molecule has 0 spiro atoms. The summed E-state index contributed by atoms with van der Waals surface area (Å²) in [6.07, 6.45) is 0.415. The monoisotopic (exact) mass is 411 g/mol. The molecule has 0 fully saturated rings. The molecule has 0 aliphatic heterocycles. The van der Waals surface area contributed by atoms with Gasteiger partial charge in [-0.3, -0.25) is 9.59 Å². The molecule has 0 atom stereocenters. The Bertz CT molecular complexity index is 898. The molecule has 2 rings (SSSR count). The predicted molar refractivity (Wildman–Crippen MR) is 121 cm³/mol. The normalized spacial score (nSPS) is 11.9. The molecule has 2 aromatic rings. The standard InChI is InChI=1S/C25H33NO4/c1-24(2,3)18-14-16(15-19(23(18)30)25(4,5)6)17-10-7-8-11-20(17)26-21(27)12-9-13-22(28)29/h7-8,10-11,14-15,30H,9,12-13H2,1-6H3,(H,26,27)(H,28,29). The number of benzene rings is 2. The Hall–Kier alpha value is -2.82. The van der Waals surface area contributed by atoms with E-state index in [1.165, 1.54) is 0 Å². The van der Waals surface area contributed by atoms with Gasteiger partial charge in [-0.2, -0.15) is 0 Å². The van der Waals surface area contributed by atoms with E-state index in [0.717, 1.165) is 22.3 Å².